The van der Waals surface area contributed by atoms with E-state index in [1.165, 1.54) is 12.1 Å². The van der Waals surface area contributed by atoms with Crippen LogP contribution >= 0.6 is 0 Å². The number of nitro benzene ring substituents is 1. The van der Waals surface area contributed by atoms with Crippen LogP contribution in [0.3, 0.4) is 0 Å². The Morgan fingerprint density at radius 1 is 1.47 bits per heavy atom. The third kappa shape index (κ3) is 2.24. The van der Waals surface area contributed by atoms with E-state index < -0.39 is 4.92 Å². The highest BCUT2D eigenvalue weighted by atomic mass is 16.6. The van der Waals surface area contributed by atoms with Crippen LogP contribution in [0.15, 0.2) is 22.6 Å². The first-order chi connectivity index (χ1) is 9.13. The van der Waals surface area contributed by atoms with Gasteiger partial charge in [0.25, 0.3) is 11.7 Å². The van der Waals surface area contributed by atoms with Gasteiger partial charge in [-0.1, -0.05) is 0 Å². The fourth-order valence-corrected chi connectivity index (χ4v) is 2.42. The lowest BCUT2D eigenvalue weighted by atomic mass is 10.2. The normalized spacial score (nSPS) is 22.8. The molecule has 7 heteroatoms. The van der Waals surface area contributed by atoms with Gasteiger partial charge >= 0.3 is 0 Å². The molecule has 0 aliphatic heterocycles. The molecule has 0 saturated heterocycles. The molecule has 1 fully saturated rings. The Morgan fingerprint density at radius 3 is 3.00 bits per heavy atom. The van der Waals surface area contributed by atoms with Gasteiger partial charge in [-0.2, -0.15) is 4.98 Å². The Bertz CT molecular complexity index is 624. The lowest BCUT2D eigenvalue weighted by Gasteiger charge is -2.14. The summed E-state index contributed by atoms with van der Waals surface area (Å²) in [7, 11) is 0. The van der Waals surface area contributed by atoms with Gasteiger partial charge in [0.2, 0.25) is 0 Å². The summed E-state index contributed by atoms with van der Waals surface area (Å²) < 4.78 is 5.51. The second kappa shape index (κ2) is 4.51. The van der Waals surface area contributed by atoms with Gasteiger partial charge in [-0.15, -0.1) is 0 Å². The number of nitro groups is 1. The summed E-state index contributed by atoms with van der Waals surface area (Å²) in [6.45, 7) is 0. The minimum atomic E-state index is -0.450. The lowest BCUT2D eigenvalue weighted by Crippen LogP contribution is -2.35. The molecule has 0 spiro atoms. The van der Waals surface area contributed by atoms with Crippen molar-refractivity contribution in [2.75, 3.05) is 5.32 Å². The number of oxazole rings is 1. The van der Waals surface area contributed by atoms with Crippen LogP contribution in [0.5, 0.6) is 0 Å². The Labute approximate surface area is 108 Å². The van der Waals surface area contributed by atoms with Crippen LogP contribution in [0.2, 0.25) is 0 Å². The van der Waals surface area contributed by atoms with Gasteiger partial charge in [0, 0.05) is 24.2 Å². The molecule has 1 aromatic heterocycles. The predicted octanol–water partition coefficient (Wildman–Crippen LogP) is 2.03. The molecule has 0 bridgehead atoms. The minimum Gasteiger partial charge on any atom is -0.424 e. The highest BCUT2D eigenvalue weighted by Crippen LogP contribution is 2.26. The van der Waals surface area contributed by atoms with Crippen molar-refractivity contribution < 1.29 is 9.34 Å². The smallest absolute Gasteiger partial charge is 0.295 e. The molecule has 1 aliphatic carbocycles. The van der Waals surface area contributed by atoms with Crippen molar-refractivity contribution in [3.8, 4) is 0 Å². The van der Waals surface area contributed by atoms with E-state index >= 15 is 0 Å². The number of aromatic nitrogens is 1. The predicted molar refractivity (Wildman–Crippen MR) is 69.9 cm³/mol. The number of hydrogen-bond donors (Lipinski definition) is 2. The van der Waals surface area contributed by atoms with E-state index in [4.69, 9.17) is 10.2 Å². The number of anilines is 1. The molecule has 1 saturated carbocycles. The second-order valence-corrected chi connectivity index (χ2v) is 4.77. The Hall–Kier alpha value is -2.15. The number of rotatable bonds is 3. The zero-order chi connectivity index (χ0) is 13.4. The first-order valence-electron chi connectivity index (χ1n) is 6.20. The van der Waals surface area contributed by atoms with Crippen molar-refractivity contribution >= 4 is 22.8 Å². The molecule has 100 valence electrons. The zero-order valence-corrected chi connectivity index (χ0v) is 10.2. The number of nitrogens with one attached hydrogen (secondary N) is 1. The molecule has 1 aromatic carbocycles. The molecule has 0 radical (unpaired) electrons. The van der Waals surface area contributed by atoms with E-state index in [2.05, 4.69) is 10.3 Å². The summed E-state index contributed by atoms with van der Waals surface area (Å²) in [5, 5.41) is 13.8. The Balaban J connectivity index is 1.87. The summed E-state index contributed by atoms with van der Waals surface area (Å²) in [5.74, 6) is 0. The summed E-state index contributed by atoms with van der Waals surface area (Å²) in [6.07, 6.45) is 3.06. The van der Waals surface area contributed by atoms with Crippen molar-refractivity contribution in [2.45, 2.75) is 31.3 Å². The van der Waals surface area contributed by atoms with Gasteiger partial charge < -0.3 is 15.5 Å². The highest BCUT2D eigenvalue weighted by molar-refractivity contribution is 5.77. The van der Waals surface area contributed by atoms with Gasteiger partial charge in [0.1, 0.15) is 5.52 Å². The first kappa shape index (κ1) is 11.9. The summed E-state index contributed by atoms with van der Waals surface area (Å²) in [6, 6.07) is 4.99. The maximum Gasteiger partial charge on any atom is 0.295 e. The second-order valence-electron chi connectivity index (χ2n) is 4.77. The van der Waals surface area contributed by atoms with Crippen LogP contribution in [-0.4, -0.2) is 22.0 Å². The molecule has 7 nitrogen and oxygen atoms in total. The quantitative estimate of drug-likeness (QED) is 0.647. The van der Waals surface area contributed by atoms with E-state index in [0.717, 1.165) is 19.3 Å². The number of fused-ring (bicyclic) bond motifs is 1. The van der Waals surface area contributed by atoms with Gasteiger partial charge in [-0.3, -0.25) is 10.1 Å². The Morgan fingerprint density at radius 2 is 2.32 bits per heavy atom. The van der Waals surface area contributed by atoms with Gasteiger partial charge in [-0.25, -0.2) is 0 Å². The minimum absolute atomic E-state index is 0.00455. The van der Waals surface area contributed by atoms with Crippen LogP contribution in [0.25, 0.3) is 11.1 Å². The summed E-state index contributed by atoms with van der Waals surface area (Å²) >= 11 is 0. The van der Waals surface area contributed by atoms with Crippen molar-refractivity contribution in [1.29, 1.82) is 0 Å². The molecule has 2 aromatic rings. The molecule has 19 heavy (non-hydrogen) atoms. The fourth-order valence-electron chi connectivity index (χ4n) is 2.42. The topological polar surface area (TPSA) is 107 Å². The van der Waals surface area contributed by atoms with Crippen LogP contribution in [0.4, 0.5) is 11.7 Å². The van der Waals surface area contributed by atoms with Gasteiger partial charge in [0.05, 0.1) is 4.92 Å². The molecule has 1 heterocycles. The van der Waals surface area contributed by atoms with E-state index in [1.807, 2.05) is 0 Å². The number of nitrogens with two attached hydrogens (primary N) is 1. The Kier molecular flexibility index (Phi) is 2.83. The maximum absolute atomic E-state index is 10.7. The van der Waals surface area contributed by atoms with Crippen molar-refractivity contribution in [3.05, 3.63) is 28.3 Å². The van der Waals surface area contributed by atoms with Crippen LogP contribution in [0.1, 0.15) is 19.3 Å². The van der Waals surface area contributed by atoms with Crippen LogP contribution < -0.4 is 11.1 Å². The van der Waals surface area contributed by atoms with Crippen LogP contribution in [-0.2, 0) is 0 Å². The first-order valence-corrected chi connectivity index (χ1v) is 6.20. The number of hydrogen-bond acceptors (Lipinski definition) is 6. The maximum atomic E-state index is 10.7. The molecule has 3 rings (SSSR count). The molecule has 3 N–H and O–H groups in total. The SMILES string of the molecule is NC1CCCC1Nc1nc2cc([N+](=O)[O-])ccc2o1. The molecular weight excluding hydrogens is 248 g/mol. The van der Waals surface area contributed by atoms with Crippen molar-refractivity contribution in [2.24, 2.45) is 5.73 Å². The van der Waals surface area contributed by atoms with E-state index in [-0.39, 0.29) is 17.8 Å². The van der Waals surface area contributed by atoms with Crippen LogP contribution in [0, 0.1) is 10.1 Å². The average Bonchev–Trinajstić information content (AvgIpc) is 2.95. The van der Waals surface area contributed by atoms with Gasteiger partial charge in [0.15, 0.2) is 5.58 Å². The highest BCUT2D eigenvalue weighted by Gasteiger charge is 2.25. The van der Waals surface area contributed by atoms with E-state index in [9.17, 15) is 10.1 Å². The fraction of sp³-hybridized carbons (Fsp3) is 0.417. The van der Waals surface area contributed by atoms with Crippen molar-refractivity contribution in [1.82, 2.24) is 4.98 Å². The van der Waals surface area contributed by atoms with E-state index in [0.29, 0.717) is 17.1 Å². The van der Waals surface area contributed by atoms with Gasteiger partial charge in [-0.05, 0) is 25.3 Å². The third-order valence-electron chi connectivity index (χ3n) is 3.46. The monoisotopic (exact) mass is 262 g/mol. The third-order valence-corrected chi connectivity index (χ3v) is 3.46. The number of benzene rings is 1. The molecular formula is C12H14N4O3. The molecule has 1 aliphatic rings. The molecule has 2 atom stereocenters. The molecule has 0 amide bonds. The standard InChI is InChI=1S/C12H14N4O3/c13-8-2-1-3-9(8)14-12-15-10-6-7(16(17)18)4-5-11(10)19-12/h4-6,8-9H,1-3,13H2,(H,14,15). The van der Waals surface area contributed by atoms with Crippen molar-refractivity contribution in [3.63, 3.8) is 0 Å². The van der Waals surface area contributed by atoms with E-state index in [1.54, 1.807) is 6.07 Å². The average molecular weight is 262 g/mol. The summed E-state index contributed by atoms with van der Waals surface area (Å²) in [4.78, 5) is 14.5. The largest absolute Gasteiger partial charge is 0.424 e. The lowest BCUT2D eigenvalue weighted by molar-refractivity contribution is -0.384. The zero-order valence-electron chi connectivity index (χ0n) is 10.2. The number of nitrogens with zero attached hydrogens (tertiary/aromatic N) is 2. The molecule has 2 unspecified atom stereocenters. The number of non-ortho nitro benzene ring substituents is 1. The summed E-state index contributed by atoms with van der Waals surface area (Å²) in [5.41, 5.74) is 6.97.